The van der Waals surface area contributed by atoms with Crippen LogP contribution < -0.4 is 0 Å². The van der Waals surface area contributed by atoms with Gasteiger partial charge in [-0.1, -0.05) is 51.0 Å². The van der Waals surface area contributed by atoms with Gasteiger partial charge in [0.1, 0.15) is 0 Å². The van der Waals surface area contributed by atoms with Gasteiger partial charge >= 0.3 is 0 Å². The smallest absolute Gasteiger partial charge is 0.00479 e. The minimum absolute atomic E-state index is 0.527. The molecule has 0 nitrogen and oxygen atoms in total. The lowest BCUT2D eigenvalue weighted by Crippen LogP contribution is -2.32. The van der Waals surface area contributed by atoms with Crippen LogP contribution in [-0.4, -0.2) is 0 Å². The maximum absolute atomic E-state index is 2.63. The summed E-state index contributed by atoms with van der Waals surface area (Å²) in [6, 6.07) is 0. The molecule has 0 aromatic carbocycles. The molecule has 0 aromatic rings. The van der Waals surface area contributed by atoms with E-state index in [0.29, 0.717) is 5.41 Å². The fourth-order valence-corrected chi connectivity index (χ4v) is 4.21. The highest BCUT2D eigenvalue weighted by Crippen LogP contribution is 2.50. The third-order valence-corrected chi connectivity index (χ3v) is 5.09. The molecule has 2 aliphatic carbocycles. The van der Waals surface area contributed by atoms with Crippen molar-refractivity contribution in [2.75, 3.05) is 0 Å². The van der Waals surface area contributed by atoms with Crippen molar-refractivity contribution in [3.63, 3.8) is 0 Å². The fraction of sp³-hybridized carbons (Fsp3) is 0.778. The minimum atomic E-state index is 0.527. The molecule has 0 aromatic heterocycles. The van der Waals surface area contributed by atoms with Crippen LogP contribution in [0.15, 0.2) is 23.8 Å². The Kier molecular flexibility index (Phi) is 4.70. The van der Waals surface area contributed by atoms with Gasteiger partial charge in [0.15, 0.2) is 0 Å². The summed E-state index contributed by atoms with van der Waals surface area (Å²) in [6.07, 6.45) is 18.3. The van der Waals surface area contributed by atoms with Crippen LogP contribution in [0.1, 0.15) is 72.1 Å². The molecule has 18 heavy (non-hydrogen) atoms. The Hall–Kier alpha value is -0.520. The third kappa shape index (κ3) is 2.73. The Morgan fingerprint density at radius 1 is 1.28 bits per heavy atom. The van der Waals surface area contributed by atoms with Crippen LogP contribution in [0.5, 0.6) is 0 Å². The van der Waals surface area contributed by atoms with Crippen LogP contribution in [0.25, 0.3) is 0 Å². The standard InChI is InChI=1S/C18H30/c1-4-12-18(13-8-5-9-14-18)17-11-7-6-10-16(17)15(2)3/h5,8,11,15-16H,4,6-7,9-10,12-14H2,1-3H3. The zero-order valence-electron chi connectivity index (χ0n) is 12.5. The van der Waals surface area contributed by atoms with Gasteiger partial charge in [-0.05, 0) is 62.2 Å². The van der Waals surface area contributed by atoms with Crippen molar-refractivity contribution in [2.24, 2.45) is 17.3 Å². The highest BCUT2D eigenvalue weighted by atomic mass is 14.4. The van der Waals surface area contributed by atoms with E-state index in [9.17, 15) is 0 Å². The van der Waals surface area contributed by atoms with Gasteiger partial charge in [-0.15, -0.1) is 0 Å². The summed E-state index contributed by atoms with van der Waals surface area (Å²) in [6.45, 7) is 7.19. The van der Waals surface area contributed by atoms with Crippen molar-refractivity contribution in [1.29, 1.82) is 0 Å². The summed E-state index contributed by atoms with van der Waals surface area (Å²) in [4.78, 5) is 0. The van der Waals surface area contributed by atoms with Gasteiger partial charge in [-0.25, -0.2) is 0 Å². The number of hydrogen-bond donors (Lipinski definition) is 0. The zero-order chi connectivity index (χ0) is 13.0. The van der Waals surface area contributed by atoms with Crippen LogP contribution >= 0.6 is 0 Å². The monoisotopic (exact) mass is 246 g/mol. The Balaban J connectivity index is 2.28. The molecule has 0 bridgehead atoms. The van der Waals surface area contributed by atoms with E-state index in [-0.39, 0.29) is 0 Å². The molecular formula is C18H30. The van der Waals surface area contributed by atoms with Gasteiger partial charge in [0.25, 0.3) is 0 Å². The molecule has 0 heterocycles. The van der Waals surface area contributed by atoms with Crippen molar-refractivity contribution in [3.05, 3.63) is 23.8 Å². The average Bonchev–Trinajstić information content (AvgIpc) is 2.40. The molecule has 102 valence electrons. The Morgan fingerprint density at radius 3 is 2.72 bits per heavy atom. The molecule has 0 spiro atoms. The van der Waals surface area contributed by atoms with Crippen molar-refractivity contribution in [2.45, 2.75) is 72.1 Å². The van der Waals surface area contributed by atoms with Crippen molar-refractivity contribution in [3.8, 4) is 0 Å². The molecular weight excluding hydrogens is 216 g/mol. The molecule has 2 rings (SSSR count). The van der Waals surface area contributed by atoms with E-state index >= 15 is 0 Å². The predicted octanol–water partition coefficient (Wildman–Crippen LogP) is 5.90. The van der Waals surface area contributed by atoms with E-state index in [0.717, 1.165) is 11.8 Å². The molecule has 0 saturated heterocycles. The first-order valence-corrected chi connectivity index (χ1v) is 8.05. The van der Waals surface area contributed by atoms with Crippen molar-refractivity contribution in [1.82, 2.24) is 0 Å². The quantitative estimate of drug-likeness (QED) is 0.542. The van der Waals surface area contributed by atoms with Gasteiger partial charge < -0.3 is 0 Å². The predicted molar refractivity (Wildman–Crippen MR) is 80.6 cm³/mol. The maximum atomic E-state index is 2.63. The largest absolute Gasteiger partial charge is 0.0885 e. The number of rotatable bonds is 4. The normalized spacial score (nSPS) is 32.7. The van der Waals surface area contributed by atoms with E-state index in [2.05, 4.69) is 39.0 Å². The molecule has 0 amide bonds. The highest BCUT2D eigenvalue weighted by molar-refractivity contribution is 5.24. The van der Waals surface area contributed by atoms with E-state index in [1.807, 2.05) is 5.57 Å². The Labute approximate surface area is 114 Å². The molecule has 0 radical (unpaired) electrons. The molecule has 0 saturated carbocycles. The van der Waals surface area contributed by atoms with Crippen LogP contribution in [0, 0.1) is 17.3 Å². The van der Waals surface area contributed by atoms with E-state index in [1.54, 1.807) is 0 Å². The first-order chi connectivity index (χ1) is 8.69. The summed E-state index contributed by atoms with van der Waals surface area (Å²) < 4.78 is 0. The highest BCUT2D eigenvalue weighted by Gasteiger charge is 2.38. The van der Waals surface area contributed by atoms with Crippen molar-refractivity contribution < 1.29 is 0 Å². The zero-order valence-corrected chi connectivity index (χ0v) is 12.5. The molecule has 0 heteroatoms. The van der Waals surface area contributed by atoms with Gasteiger partial charge in [-0.3, -0.25) is 0 Å². The van der Waals surface area contributed by atoms with Crippen LogP contribution in [0.2, 0.25) is 0 Å². The third-order valence-electron chi connectivity index (χ3n) is 5.09. The summed E-state index contributed by atoms with van der Waals surface area (Å²) in [7, 11) is 0. The molecule has 2 atom stereocenters. The molecule has 2 unspecified atom stereocenters. The van der Waals surface area contributed by atoms with Crippen LogP contribution in [0.3, 0.4) is 0 Å². The first-order valence-electron chi connectivity index (χ1n) is 8.05. The number of allylic oxidation sites excluding steroid dienone is 4. The van der Waals surface area contributed by atoms with Gasteiger partial charge in [0, 0.05) is 0 Å². The van der Waals surface area contributed by atoms with Gasteiger partial charge in [0.2, 0.25) is 0 Å². The number of hydrogen-bond acceptors (Lipinski definition) is 0. The maximum Gasteiger partial charge on any atom is -0.00479 e. The minimum Gasteiger partial charge on any atom is -0.0885 e. The molecule has 0 fully saturated rings. The van der Waals surface area contributed by atoms with Crippen LogP contribution in [0.4, 0.5) is 0 Å². The van der Waals surface area contributed by atoms with E-state index in [4.69, 9.17) is 0 Å². The molecule has 0 N–H and O–H groups in total. The molecule has 2 aliphatic rings. The molecule has 0 aliphatic heterocycles. The summed E-state index contributed by atoms with van der Waals surface area (Å²) in [5, 5.41) is 0. The lowest BCUT2D eigenvalue weighted by atomic mass is 9.61. The second-order valence-electron chi connectivity index (χ2n) is 6.69. The topological polar surface area (TPSA) is 0 Å². The summed E-state index contributed by atoms with van der Waals surface area (Å²) in [5.41, 5.74) is 2.37. The lowest BCUT2D eigenvalue weighted by Gasteiger charge is -2.44. The first kappa shape index (κ1) is 13.9. The van der Waals surface area contributed by atoms with Gasteiger partial charge in [-0.2, -0.15) is 0 Å². The van der Waals surface area contributed by atoms with E-state index in [1.165, 1.54) is 51.4 Å². The fourth-order valence-electron chi connectivity index (χ4n) is 4.21. The average molecular weight is 246 g/mol. The second kappa shape index (κ2) is 6.08. The van der Waals surface area contributed by atoms with E-state index < -0.39 is 0 Å². The summed E-state index contributed by atoms with van der Waals surface area (Å²) >= 11 is 0. The Morgan fingerprint density at radius 2 is 2.11 bits per heavy atom. The van der Waals surface area contributed by atoms with Gasteiger partial charge in [0.05, 0.1) is 0 Å². The second-order valence-corrected chi connectivity index (χ2v) is 6.69. The Bertz CT molecular complexity index is 321. The lowest BCUT2D eigenvalue weighted by molar-refractivity contribution is 0.226. The summed E-state index contributed by atoms with van der Waals surface area (Å²) in [5.74, 6) is 1.67. The van der Waals surface area contributed by atoms with Crippen LogP contribution in [-0.2, 0) is 0 Å². The van der Waals surface area contributed by atoms with Crippen molar-refractivity contribution >= 4 is 0 Å². The SMILES string of the molecule is CCCC1(C2=CCCCC2C(C)C)CC=CCC1.